The van der Waals surface area contributed by atoms with E-state index < -0.39 is 26.0 Å². The van der Waals surface area contributed by atoms with Gasteiger partial charge in [-0.2, -0.15) is 9.61 Å². The third-order valence-corrected chi connectivity index (χ3v) is 13.9. The van der Waals surface area contributed by atoms with Gasteiger partial charge >= 0.3 is 0 Å². The number of nitrogens with zero attached hydrogens (tertiary/aromatic N) is 5. The summed E-state index contributed by atoms with van der Waals surface area (Å²) < 4.78 is 39.3. The SMILES string of the molecule is Cc1c(C2CCS(=O)(=O)CC2)nc2c(-c3ccc(-c4ccccc4)nc3)cnn2c1N(COCC[Si](C)(C)C)COCC[Si](C)(C)C. The molecule has 0 spiro atoms. The molecule has 4 heterocycles. The van der Waals surface area contributed by atoms with Gasteiger partial charge in [-0.25, -0.2) is 13.4 Å². The molecule has 12 heteroatoms. The molecule has 47 heavy (non-hydrogen) atoms. The maximum Gasteiger partial charge on any atom is 0.165 e. The highest BCUT2D eigenvalue weighted by atomic mass is 32.2. The second kappa shape index (κ2) is 14.7. The summed E-state index contributed by atoms with van der Waals surface area (Å²) >= 11 is 0. The summed E-state index contributed by atoms with van der Waals surface area (Å²) in [5.41, 5.74) is 6.38. The molecule has 1 saturated heterocycles. The van der Waals surface area contributed by atoms with Crippen LogP contribution in [0.15, 0.2) is 54.9 Å². The average Bonchev–Trinajstić information content (AvgIpc) is 3.43. The first-order valence-electron chi connectivity index (χ1n) is 16.7. The zero-order valence-electron chi connectivity index (χ0n) is 29.1. The lowest BCUT2D eigenvalue weighted by atomic mass is 9.95. The van der Waals surface area contributed by atoms with E-state index in [4.69, 9.17) is 24.5 Å². The summed E-state index contributed by atoms with van der Waals surface area (Å²) in [4.78, 5) is 12.2. The Hall–Kier alpha value is -2.91. The number of benzene rings is 1. The van der Waals surface area contributed by atoms with Crippen LogP contribution in [0, 0.1) is 6.92 Å². The van der Waals surface area contributed by atoms with Crippen molar-refractivity contribution in [3.8, 4) is 22.4 Å². The summed E-state index contributed by atoms with van der Waals surface area (Å²) in [6, 6.07) is 16.4. The van der Waals surface area contributed by atoms with Crippen LogP contribution in [0.3, 0.4) is 0 Å². The molecule has 1 fully saturated rings. The smallest absolute Gasteiger partial charge is 0.165 e. The van der Waals surface area contributed by atoms with Crippen LogP contribution in [0.4, 0.5) is 5.82 Å². The van der Waals surface area contributed by atoms with Gasteiger partial charge in [-0.3, -0.25) is 4.98 Å². The number of rotatable bonds is 14. The van der Waals surface area contributed by atoms with Crippen molar-refractivity contribution in [1.82, 2.24) is 19.6 Å². The fraction of sp³-hybridized carbons (Fsp3) is 0.514. The zero-order chi connectivity index (χ0) is 33.8. The van der Waals surface area contributed by atoms with Gasteiger partial charge in [0.1, 0.15) is 29.1 Å². The van der Waals surface area contributed by atoms with E-state index in [2.05, 4.69) is 69.3 Å². The summed E-state index contributed by atoms with van der Waals surface area (Å²) in [5, 5.41) is 4.89. The van der Waals surface area contributed by atoms with Gasteiger partial charge in [-0.05, 0) is 37.9 Å². The Labute approximate surface area is 282 Å². The van der Waals surface area contributed by atoms with Gasteiger partial charge in [0.25, 0.3) is 0 Å². The standard InChI is InChI=1S/C35H51N5O4SSi2/c1-27-33(29-15-19-45(41,42)20-16-29)38-34-31(30-13-14-32(36-23-30)28-11-9-8-10-12-28)24-37-40(34)35(27)39(25-43-17-21-46(2,3)4)26-44-18-22-47(5,6)7/h8-14,23-24,29H,15-22,25-26H2,1-7H3. The van der Waals surface area contributed by atoms with E-state index in [-0.39, 0.29) is 17.4 Å². The van der Waals surface area contributed by atoms with Crippen molar-refractivity contribution in [3.05, 3.63) is 66.1 Å². The van der Waals surface area contributed by atoms with Crippen LogP contribution in [-0.2, 0) is 19.3 Å². The lowest BCUT2D eigenvalue weighted by molar-refractivity contribution is 0.0941. The van der Waals surface area contributed by atoms with Crippen LogP contribution in [0.2, 0.25) is 51.4 Å². The Balaban J connectivity index is 1.56. The molecule has 1 aliphatic rings. The largest absolute Gasteiger partial charge is 0.361 e. The number of hydrogen-bond donors (Lipinski definition) is 0. The Morgan fingerprint density at radius 2 is 1.47 bits per heavy atom. The predicted octanol–water partition coefficient (Wildman–Crippen LogP) is 7.49. The number of pyridine rings is 1. The van der Waals surface area contributed by atoms with Crippen LogP contribution in [0.5, 0.6) is 0 Å². The molecular weight excluding hydrogens is 643 g/mol. The molecule has 4 aromatic rings. The van der Waals surface area contributed by atoms with Gasteiger partial charge in [0.2, 0.25) is 0 Å². The van der Waals surface area contributed by atoms with Crippen LogP contribution in [-0.4, -0.2) is 82.3 Å². The number of anilines is 1. The Morgan fingerprint density at radius 3 is 2.02 bits per heavy atom. The number of aromatic nitrogens is 4. The third-order valence-electron chi connectivity index (χ3n) is 8.76. The van der Waals surface area contributed by atoms with Gasteiger partial charge in [-0.1, -0.05) is 75.7 Å². The second-order valence-corrected chi connectivity index (χ2v) is 28.7. The summed E-state index contributed by atoms with van der Waals surface area (Å²) in [5.74, 6) is 1.27. The van der Waals surface area contributed by atoms with Crippen molar-refractivity contribution in [3.63, 3.8) is 0 Å². The van der Waals surface area contributed by atoms with Gasteiger partial charge in [0.15, 0.2) is 5.65 Å². The average molecular weight is 694 g/mol. The van der Waals surface area contributed by atoms with Gasteiger partial charge in [0, 0.05) is 63.7 Å². The maximum atomic E-state index is 12.4. The molecular formula is C35H51N5O4SSi2. The van der Waals surface area contributed by atoms with Crippen molar-refractivity contribution < 1.29 is 17.9 Å². The van der Waals surface area contributed by atoms with Crippen molar-refractivity contribution >= 4 is 37.5 Å². The molecule has 1 aromatic carbocycles. The second-order valence-electron chi connectivity index (χ2n) is 15.2. The van der Waals surface area contributed by atoms with Gasteiger partial charge in [-0.15, -0.1) is 0 Å². The molecule has 0 N–H and O–H groups in total. The van der Waals surface area contributed by atoms with Crippen LogP contribution in [0.25, 0.3) is 28.0 Å². The highest BCUT2D eigenvalue weighted by Crippen LogP contribution is 2.37. The van der Waals surface area contributed by atoms with E-state index in [0.717, 1.165) is 57.2 Å². The molecule has 0 bridgehead atoms. The summed E-state index contributed by atoms with van der Waals surface area (Å²) in [6.07, 6.45) is 4.85. The normalized spacial score (nSPS) is 15.7. The molecule has 0 unspecified atom stereocenters. The predicted molar refractivity (Wildman–Crippen MR) is 197 cm³/mol. The van der Waals surface area contributed by atoms with Crippen molar-refractivity contribution in [2.45, 2.75) is 77.1 Å². The Bertz CT molecular complexity index is 1720. The monoisotopic (exact) mass is 693 g/mol. The minimum atomic E-state index is -3.02. The lowest BCUT2D eigenvalue weighted by Gasteiger charge is -2.30. The highest BCUT2D eigenvalue weighted by Gasteiger charge is 2.30. The lowest BCUT2D eigenvalue weighted by Crippen LogP contribution is -2.34. The van der Waals surface area contributed by atoms with E-state index in [9.17, 15) is 8.42 Å². The minimum absolute atomic E-state index is 0.0334. The Morgan fingerprint density at radius 1 is 0.851 bits per heavy atom. The van der Waals surface area contributed by atoms with Gasteiger partial charge < -0.3 is 14.4 Å². The van der Waals surface area contributed by atoms with Crippen LogP contribution < -0.4 is 4.90 Å². The first kappa shape index (κ1) is 35.4. The quantitative estimate of drug-likeness (QED) is 0.0762. The molecule has 9 nitrogen and oxygen atoms in total. The first-order valence-corrected chi connectivity index (χ1v) is 26.0. The van der Waals surface area contributed by atoms with E-state index >= 15 is 0 Å². The molecule has 0 aliphatic carbocycles. The number of sulfone groups is 1. The molecule has 5 rings (SSSR count). The van der Waals surface area contributed by atoms with Crippen LogP contribution >= 0.6 is 0 Å². The van der Waals surface area contributed by atoms with Crippen molar-refractivity contribution in [2.75, 3.05) is 43.1 Å². The van der Waals surface area contributed by atoms with E-state index in [1.165, 1.54) is 0 Å². The number of fused-ring (bicyclic) bond motifs is 1. The third kappa shape index (κ3) is 9.38. The molecule has 0 radical (unpaired) electrons. The molecule has 1 aliphatic heterocycles. The fourth-order valence-electron chi connectivity index (χ4n) is 5.81. The minimum Gasteiger partial charge on any atom is -0.361 e. The number of hydrogen-bond acceptors (Lipinski definition) is 8. The zero-order valence-corrected chi connectivity index (χ0v) is 31.9. The highest BCUT2D eigenvalue weighted by molar-refractivity contribution is 7.91. The van der Waals surface area contributed by atoms with Crippen molar-refractivity contribution in [1.29, 1.82) is 0 Å². The van der Waals surface area contributed by atoms with Crippen molar-refractivity contribution in [2.24, 2.45) is 0 Å². The topological polar surface area (TPSA) is 98.9 Å². The molecule has 0 atom stereocenters. The van der Waals surface area contributed by atoms with E-state index in [0.29, 0.717) is 39.5 Å². The molecule has 0 amide bonds. The Kier molecular flexibility index (Phi) is 11.1. The molecule has 3 aromatic heterocycles. The summed E-state index contributed by atoms with van der Waals surface area (Å²) in [7, 11) is -5.57. The van der Waals surface area contributed by atoms with Crippen LogP contribution in [0.1, 0.15) is 30.0 Å². The van der Waals surface area contributed by atoms with E-state index in [1.54, 1.807) is 0 Å². The first-order chi connectivity index (χ1) is 22.2. The molecule has 254 valence electrons. The van der Waals surface area contributed by atoms with E-state index in [1.807, 2.05) is 41.2 Å². The summed E-state index contributed by atoms with van der Waals surface area (Å²) in [6.45, 7) is 18.3. The fourth-order valence-corrected chi connectivity index (χ4v) is 8.82. The molecule has 0 saturated carbocycles. The maximum absolute atomic E-state index is 12.4. The van der Waals surface area contributed by atoms with Gasteiger partial charge in [0.05, 0.1) is 29.1 Å². The number of ether oxygens (including phenoxy) is 2.